The van der Waals surface area contributed by atoms with Gasteiger partial charge in [0, 0.05) is 32.5 Å². The van der Waals surface area contributed by atoms with E-state index in [1.807, 2.05) is 43.5 Å². The molecule has 1 fully saturated rings. The highest BCUT2D eigenvalue weighted by atomic mass is 35.5. The molecule has 1 aliphatic rings. The third-order valence-corrected chi connectivity index (χ3v) is 10.2. The first-order valence-electron chi connectivity index (χ1n) is 15.0. The summed E-state index contributed by atoms with van der Waals surface area (Å²) >= 11 is 6.84. The van der Waals surface area contributed by atoms with Crippen LogP contribution in [-0.4, -0.2) is 54.7 Å². The summed E-state index contributed by atoms with van der Waals surface area (Å²) in [6.07, 6.45) is 10.3. The van der Waals surface area contributed by atoms with Gasteiger partial charge in [-0.2, -0.15) is 5.10 Å². The molecule has 11 heteroatoms. The fourth-order valence-corrected chi connectivity index (χ4v) is 6.61. The molecule has 0 atom stereocenters. The van der Waals surface area contributed by atoms with E-state index in [1.54, 1.807) is 17.1 Å². The molecule has 2 aromatic carbocycles. The minimum Gasteiger partial charge on any atom is -0.456 e. The Balaban J connectivity index is 1.19. The van der Waals surface area contributed by atoms with Crippen LogP contribution in [0.3, 0.4) is 0 Å². The molecule has 3 heterocycles. The van der Waals surface area contributed by atoms with E-state index in [-0.39, 0.29) is 0 Å². The van der Waals surface area contributed by atoms with E-state index in [4.69, 9.17) is 31.0 Å². The van der Waals surface area contributed by atoms with Crippen molar-refractivity contribution in [2.75, 3.05) is 6.61 Å². The fraction of sp³-hybridized carbons (Fsp3) is 0.438. The summed E-state index contributed by atoms with van der Waals surface area (Å²) in [4.78, 5) is 14.1. The maximum absolute atomic E-state index is 10.9. The second-order valence-corrected chi connectivity index (χ2v) is 18.9. The molecule has 3 aromatic heterocycles. The molecule has 0 spiro atoms. The fourth-order valence-electron chi connectivity index (χ4n) is 5.61. The highest BCUT2D eigenvalue weighted by Crippen LogP contribution is 2.36. The Bertz CT molecular complexity index is 1760. The number of rotatable bonds is 10. The van der Waals surface area contributed by atoms with Gasteiger partial charge in [-0.15, -0.1) is 0 Å². The van der Waals surface area contributed by atoms with E-state index < -0.39 is 13.7 Å². The SMILES string of the molecule is Cc1nc2cc(Oc3ccc4ncc(-c5cnn(CC6(O)CCCCC6)c5)nc4c3Cl)ccc2n1COCC[Si](C)(C)C. The van der Waals surface area contributed by atoms with Crippen molar-refractivity contribution in [3.05, 3.63) is 59.8 Å². The summed E-state index contributed by atoms with van der Waals surface area (Å²) in [5.41, 5.74) is 3.82. The van der Waals surface area contributed by atoms with Crippen LogP contribution in [0, 0.1) is 6.92 Å². The van der Waals surface area contributed by atoms with E-state index in [1.165, 1.54) is 6.42 Å². The molecule has 1 aliphatic carbocycles. The largest absolute Gasteiger partial charge is 0.456 e. The minimum atomic E-state index is -1.14. The topological polar surface area (TPSA) is 100 Å². The number of aromatic nitrogens is 6. The Morgan fingerprint density at radius 2 is 1.84 bits per heavy atom. The molecule has 0 amide bonds. The number of nitrogens with zero attached hydrogens (tertiary/aromatic N) is 6. The average molecular weight is 619 g/mol. The van der Waals surface area contributed by atoms with Crippen LogP contribution >= 0.6 is 11.6 Å². The summed E-state index contributed by atoms with van der Waals surface area (Å²) in [5, 5.41) is 15.8. The van der Waals surface area contributed by atoms with Gasteiger partial charge in [0.1, 0.15) is 34.6 Å². The molecule has 1 N–H and O–H groups in total. The third-order valence-electron chi connectivity index (χ3n) is 8.14. The Labute approximate surface area is 257 Å². The highest BCUT2D eigenvalue weighted by Gasteiger charge is 2.30. The molecule has 0 bridgehead atoms. The molecule has 0 unspecified atom stereocenters. The van der Waals surface area contributed by atoms with Crippen LogP contribution in [0.25, 0.3) is 33.3 Å². The van der Waals surface area contributed by atoms with Gasteiger partial charge in [-0.1, -0.05) is 50.5 Å². The van der Waals surface area contributed by atoms with Gasteiger partial charge in [-0.25, -0.2) is 9.97 Å². The molecular formula is C32H39ClN6O3Si. The predicted octanol–water partition coefficient (Wildman–Crippen LogP) is 7.60. The number of fused-ring (bicyclic) bond motifs is 2. The number of imidazole rings is 1. The van der Waals surface area contributed by atoms with Gasteiger partial charge in [-0.3, -0.25) is 9.67 Å². The van der Waals surface area contributed by atoms with E-state index in [0.717, 1.165) is 60.8 Å². The standard InChI is InChI=1S/C32H39ClN6O3Si/c1-22-36-26-16-24(8-10-28(26)39(22)21-41-14-15-43(2,3)4)42-29-11-9-25-31(30(29)33)37-27(18-34-25)23-17-35-38(19-23)20-32(40)12-6-5-7-13-32/h8-11,16-19,40H,5-7,12-15,20-21H2,1-4H3. The Hall–Kier alpha value is -3.31. The van der Waals surface area contributed by atoms with Crippen molar-refractivity contribution < 1.29 is 14.6 Å². The van der Waals surface area contributed by atoms with Gasteiger partial charge in [0.05, 0.1) is 46.8 Å². The number of aryl methyl sites for hydroxylation is 1. The van der Waals surface area contributed by atoms with Crippen molar-refractivity contribution >= 4 is 41.7 Å². The minimum absolute atomic E-state index is 0.383. The third kappa shape index (κ3) is 6.77. The lowest BCUT2D eigenvalue weighted by atomic mass is 9.85. The molecule has 0 aliphatic heterocycles. The van der Waals surface area contributed by atoms with Crippen molar-refractivity contribution in [3.8, 4) is 22.8 Å². The molecule has 0 saturated heterocycles. The molecule has 1 saturated carbocycles. The van der Waals surface area contributed by atoms with Crippen LogP contribution in [-0.2, 0) is 18.0 Å². The van der Waals surface area contributed by atoms with Crippen LogP contribution in [0.4, 0.5) is 0 Å². The van der Waals surface area contributed by atoms with Crippen LogP contribution in [0.15, 0.2) is 48.9 Å². The van der Waals surface area contributed by atoms with Crippen LogP contribution in [0.2, 0.25) is 30.7 Å². The maximum atomic E-state index is 10.9. The second-order valence-electron chi connectivity index (χ2n) is 12.9. The Kier molecular flexibility index (Phi) is 8.30. The first-order chi connectivity index (χ1) is 20.6. The number of halogens is 1. The Morgan fingerprint density at radius 1 is 1.02 bits per heavy atom. The number of hydrogen-bond donors (Lipinski definition) is 1. The van der Waals surface area contributed by atoms with Crippen LogP contribution in [0.5, 0.6) is 11.5 Å². The zero-order chi connectivity index (χ0) is 30.2. The van der Waals surface area contributed by atoms with E-state index in [0.29, 0.717) is 46.5 Å². The highest BCUT2D eigenvalue weighted by molar-refractivity contribution is 6.76. The number of hydrogen-bond acceptors (Lipinski definition) is 7. The number of aliphatic hydroxyl groups is 1. The van der Waals surface area contributed by atoms with E-state index in [2.05, 4.69) is 34.3 Å². The van der Waals surface area contributed by atoms with Crippen molar-refractivity contribution in [1.82, 2.24) is 29.3 Å². The predicted molar refractivity (Wildman–Crippen MR) is 172 cm³/mol. The lowest BCUT2D eigenvalue weighted by Gasteiger charge is -2.31. The summed E-state index contributed by atoms with van der Waals surface area (Å²) in [5.74, 6) is 2.01. The van der Waals surface area contributed by atoms with Crippen molar-refractivity contribution in [1.29, 1.82) is 0 Å². The first kappa shape index (κ1) is 29.7. The molecule has 226 valence electrons. The molecular weight excluding hydrogens is 580 g/mol. The van der Waals surface area contributed by atoms with Crippen molar-refractivity contribution in [2.24, 2.45) is 0 Å². The number of benzene rings is 2. The zero-order valence-electron chi connectivity index (χ0n) is 25.3. The Morgan fingerprint density at radius 3 is 2.63 bits per heavy atom. The molecule has 9 nitrogen and oxygen atoms in total. The summed E-state index contributed by atoms with van der Waals surface area (Å²) in [6.45, 7) is 10.7. The lowest BCUT2D eigenvalue weighted by Crippen LogP contribution is -2.36. The van der Waals surface area contributed by atoms with Crippen LogP contribution in [0.1, 0.15) is 37.9 Å². The summed E-state index contributed by atoms with van der Waals surface area (Å²) in [7, 11) is -1.14. The van der Waals surface area contributed by atoms with Gasteiger partial charge in [0.25, 0.3) is 0 Å². The average Bonchev–Trinajstić information content (AvgIpc) is 3.55. The first-order valence-corrected chi connectivity index (χ1v) is 19.1. The van der Waals surface area contributed by atoms with Gasteiger partial charge < -0.3 is 19.1 Å². The van der Waals surface area contributed by atoms with E-state index >= 15 is 0 Å². The second kappa shape index (κ2) is 12.0. The van der Waals surface area contributed by atoms with Gasteiger partial charge in [0.15, 0.2) is 0 Å². The normalized spacial score (nSPS) is 15.4. The van der Waals surface area contributed by atoms with Crippen LogP contribution < -0.4 is 4.74 Å². The molecule has 0 radical (unpaired) electrons. The summed E-state index contributed by atoms with van der Waals surface area (Å²) in [6, 6.07) is 10.6. The number of ether oxygens (including phenoxy) is 2. The van der Waals surface area contributed by atoms with E-state index in [9.17, 15) is 5.11 Å². The van der Waals surface area contributed by atoms with Gasteiger partial charge >= 0.3 is 0 Å². The van der Waals surface area contributed by atoms with Crippen molar-refractivity contribution in [2.45, 2.75) is 83.6 Å². The smallest absolute Gasteiger partial charge is 0.148 e. The maximum Gasteiger partial charge on any atom is 0.148 e. The quantitative estimate of drug-likeness (QED) is 0.127. The monoisotopic (exact) mass is 618 g/mol. The molecule has 43 heavy (non-hydrogen) atoms. The lowest BCUT2D eigenvalue weighted by molar-refractivity contribution is -0.0142. The van der Waals surface area contributed by atoms with Gasteiger partial charge in [-0.05, 0) is 50.1 Å². The molecule has 6 rings (SSSR count). The van der Waals surface area contributed by atoms with Gasteiger partial charge in [0.2, 0.25) is 0 Å². The zero-order valence-corrected chi connectivity index (χ0v) is 27.1. The van der Waals surface area contributed by atoms with Crippen molar-refractivity contribution in [3.63, 3.8) is 0 Å². The molecule has 5 aromatic rings. The summed E-state index contributed by atoms with van der Waals surface area (Å²) < 4.78 is 16.1.